The van der Waals surface area contributed by atoms with Crippen LogP contribution in [-0.4, -0.2) is 65.5 Å². The van der Waals surface area contributed by atoms with E-state index in [1.807, 2.05) is 32.1 Å². The number of nitrogens with zero attached hydrogens (tertiary/aromatic N) is 4. The quantitative estimate of drug-likeness (QED) is 0.420. The highest BCUT2D eigenvalue weighted by Gasteiger charge is 2.27. The van der Waals surface area contributed by atoms with Crippen molar-refractivity contribution in [2.45, 2.75) is 13.5 Å². The van der Waals surface area contributed by atoms with Gasteiger partial charge in [0.2, 0.25) is 5.91 Å². The number of guanidine groups is 1. The molecule has 1 aliphatic heterocycles. The topological polar surface area (TPSA) is 82.0 Å². The van der Waals surface area contributed by atoms with E-state index in [4.69, 9.17) is 0 Å². The number of hydrogen-bond donors (Lipinski definition) is 2. The van der Waals surface area contributed by atoms with Gasteiger partial charge in [-0.25, -0.2) is 4.79 Å². The molecule has 0 radical (unpaired) electrons. The molecule has 0 saturated carbocycles. The minimum absolute atomic E-state index is 0.0743. The fraction of sp³-hybridized carbons (Fsp3) is 0.533. The van der Waals surface area contributed by atoms with E-state index >= 15 is 0 Å². The number of imide groups is 1. The molecule has 0 aliphatic carbocycles. The molecular weight excluding hydrogens is 376 g/mol. The molecule has 1 saturated heterocycles. The highest BCUT2D eigenvalue weighted by atomic mass is 79.9. The van der Waals surface area contributed by atoms with Crippen molar-refractivity contribution in [2.24, 2.45) is 12.0 Å². The van der Waals surface area contributed by atoms with Crippen molar-refractivity contribution in [2.75, 3.05) is 33.2 Å². The van der Waals surface area contributed by atoms with Crippen LogP contribution in [-0.2, 0) is 18.4 Å². The molecule has 1 aromatic rings. The summed E-state index contributed by atoms with van der Waals surface area (Å²) in [4.78, 5) is 30.8. The van der Waals surface area contributed by atoms with Crippen molar-refractivity contribution in [3.63, 3.8) is 0 Å². The van der Waals surface area contributed by atoms with E-state index in [-0.39, 0.29) is 25.0 Å². The second kappa shape index (κ2) is 8.18. The van der Waals surface area contributed by atoms with Crippen LogP contribution in [0, 0.1) is 0 Å². The largest absolute Gasteiger partial charge is 0.357 e. The van der Waals surface area contributed by atoms with E-state index in [9.17, 15) is 9.59 Å². The maximum absolute atomic E-state index is 11.6. The van der Waals surface area contributed by atoms with Crippen molar-refractivity contribution in [3.8, 4) is 0 Å². The van der Waals surface area contributed by atoms with Crippen LogP contribution in [0.5, 0.6) is 0 Å². The molecule has 3 amide bonds. The van der Waals surface area contributed by atoms with Gasteiger partial charge in [-0.05, 0) is 28.9 Å². The van der Waals surface area contributed by atoms with Crippen LogP contribution in [0.1, 0.15) is 12.6 Å². The summed E-state index contributed by atoms with van der Waals surface area (Å²) in [6, 6.07) is 1.72. The average Bonchev–Trinajstić information content (AvgIpc) is 3.01. The zero-order valence-electron chi connectivity index (χ0n) is 14.2. The Labute approximate surface area is 150 Å². The third kappa shape index (κ3) is 4.50. The first-order chi connectivity index (χ1) is 11.4. The summed E-state index contributed by atoms with van der Waals surface area (Å²) >= 11 is 3.47. The summed E-state index contributed by atoms with van der Waals surface area (Å²) in [5, 5.41) is 5.73. The lowest BCUT2D eigenvalue weighted by Crippen LogP contribution is -2.40. The molecule has 0 spiro atoms. The second-order valence-corrected chi connectivity index (χ2v) is 6.47. The van der Waals surface area contributed by atoms with Gasteiger partial charge in [0.25, 0.3) is 0 Å². The molecule has 2 rings (SSSR count). The number of carbonyl (C=O) groups excluding carboxylic acids is 2. The van der Waals surface area contributed by atoms with Gasteiger partial charge in [-0.2, -0.15) is 0 Å². The van der Waals surface area contributed by atoms with E-state index < -0.39 is 0 Å². The van der Waals surface area contributed by atoms with Crippen LogP contribution in [0.25, 0.3) is 0 Å². The SMILES string of the molecule is CCNC(=NCCN1C(=O)CNC1=O)N(C)Cc1cc(Br)cn1C. The lowest BCUT2D eigenvalue weighted by Gasteiger charge is -2.22. The van der Waals surface area contributed by atoms with Crippen LogP contribution < -0.4 is 10.6 Å². The normalized spacial score (nSPS) is 15.0. The van der Waals surface area contributed by atoms with Crippen LogP contribution in [0.4, 0.5) is 4.79 Å². The van der Waals surface area contributed by atoms with Crippen molar-refractivity contribution in [1.82, 2.24) is 25.0 Å². The van der Waals surface area contributed by atoms with E-state index in [2.05, 4.69) is 42.2 Å². The minimum atomic E-state index is -0.345. The molecule has 1 aromatic heterocycles. The Morgan fingerprint density at radius 3 is 2.79 bits per heavy atom. The monoisotopic (exact) mass is 398 g/mol. The highest BCUT2D eigenvalue weighted by Crippen LogP contribution is 2.15. The van der Waals surface area contributed by atoms with Gasteiger partial charge in [0, 0.05) is 37.0 Å². The van der Waals surface area contributed by atoms with Crippen molar-refractivity contribution < 1.29 is 9.59 Å². The molecule has 0 unspecified atom stereocenters. The van der Waals surface area contributed by atoms with E-state index in [1.165, 1.54) is 4.90 Å². The van der Waals surface area contributed by atoms with Gasteiger partial charge in [-0.3, -0.25) is 14.7 Å². The van der Waals surface area contributed by atoms with E-state index in [1.54, 1.807) is 0 Å². The van der Waals surface area contributed by atoms with E-state index in [0.29, 0.717) is 13.1 Å². The number of amides is 3. The molecule has 132 valence electrons. The van der Waals surface area contributed by atoms with Crippen LogP contribution in [0.2, 0.25) is 0 Å². The Bertz CT molecular complexity index is 626. The van der Waals surface area contributed by atoms with Gasteiger partial charge in [-0.1, -0.05) is 0 Å². The van der Waals surface area contributed by atoms with Crippen molar-refractivity contribution in [3.05, 3.63) is 22.4 Å². The van der Waals surface area contributed by atoms with Crippen LogP contribution >= 0.6 is 15.9 Å². The molecule has 0 atom stereocenters. The van der Waals surface area contributed by atoms with Crippen LogP contribution in [0.3, 0.4) is 0 Å². The predicted molar refractivity (Wildman–Crippen MR) is 95.7 cm³/mol. The fourth-order valence-electron chi connectivity index (χ4n) is 2.45. The predicted octanol–water partition coefficient (Wildman–Crippen LogP) is 0.737. The van der Waals surface area contributed by atoms with Crippen molar-refractivity contribution >= 4 is 33.8 Å². The Hall–Kier alpha value is -2.03. The number of aromatic nitrogens is 1. The second-order valence-electron chi connectivity index (χ2n) is 5.56. The van der Waals surface area contributed by atoms with Crippen LogP contribution in [0.15, 0.2) is 21.7 Å². The molecule has 1 aliphatic rings. The van der Waals surface area contributed by atoms with Crippen molar-refractivity contribution in [1.29, 1.82) is 0 Å². The lowest BCUT2D eigenvalue weighted by molar-refractivity contribution is -0.124. The summed E-state index contributed by atoms with van der Waals surface area (Å²) in [7, 11) is 3.95. The molecule has 0 aromatic carbocycles. The summed E-state index contributed by atoms with van der Waals surface area (Å²) in [5.74, 6) is 0.532. The molecular formula is C15H23BrN6O2. The number of hydrogen-bond acceptors (Lipinski definition) is 3. The zero-order valence-corrected chi connectivity index (χ0v) is 15.8. The number of carbonyl (C=O) groups is 2. The molecule has 2 heterocycles. The first-order valence-electron chi connectivity index (χ1n) is 7.80. The highest BCUT2D eigenvalue weighted by molar-refractivity contribution is 9.10. The van der Waals surface area contributed by atoms with E-state index in [0.717, 1.165) is 22.7 Å². The van der Waals surface area contributed by atoms with Gasteiger partial charge >= 0.3 is 6.03 Å². The third-order valence-corrected chi connectivity index (χ3v) is 4.13. The van der Waals surface area contributed by atoms with Gasteiger partial charge < -0.3 is 20.1 Å². The third-order valence-electron chi connectivity index (χ3n) is 3.69. The first-order valence-corrected chi connectivity index (χ1v) is 8.60. The number of nitrogens with one attached hydrogen (secondary N) is 2. The van der Waals surface area contributed by atoms with Gasteiger partial charge in [0.1, 0.15) is 0 Å². The average molecular weight is 399 g/mol. The van der Waals surface area contributed by atoms with Gasteiger partial charge in [-0.15, -0.1) is 0 Å². The maximum Gasteiger partial charge on any atom is 0.324 e. The smallest absolute Gasteiger partial charge is 0.324 e. The summed E-state index contributed by atoms with van der Waals surface area (Å²) < 4.78 is 3.09. The molecule has 2 N–H and O–H groups in total. The molecule has 24 heavy (non-hydrogen) atoms. The molecule has 8 nitrogen and oxygen atoms in total. The molecule has 0 bridgehead atoms. The summed E-state index contributed by atoms with van der Waals surface area (Å²) in [6.07, 6.45) is 2.00. The Morgan fingerprint density at radius 2 is 2.25 bits per heavy atom. The summed E-state index contributed by atoms with van der Waals surface area (Å²) in [5.41, 5.74) is 1.14. The Kier molecular flexibility index (Phi) is 6.24. The maximum atomic E-state index is 11.6. The Morgan fingerprint density at radius 1 is 1.50 bits per heavy atom. The number of aliphatic imine (C=N–C) groups is 1. The summed E-state index contributed by atoms with van der Waals surface area (Å²) in [6.45, 7) is 4.15. The van der Waals surface area contributed by atoms with Gasteiger partial charge in [0.15, 0.2) is 5.96 Å². The van der Waals surface area contributed by atoms with Gasteiger partial charge in [0.05, 0.1) is 26.2 Å². The standard InChI is InChI=1S/C15H23BrN6O2/c1-4-17-14(18-5-6-22-13(23)8-19-15(22)24)21(3)10-12-7-11(16)9-20(12)2/h7,9H,4-6,8,10H2,1-3H3,(H,17,18)(H,19,24). The minimum Gasteiger partial charge on any atom is -0.357 e. The lowest BCUT2D eigenvalue weighted by atomic mass is 10.4. The number of halogens is 1. The molecule has 9 heteroatoms. The number of rotatable bonds is 6. The number of aryl methyl sites for hydroxylation is 1. The molecule has 1 fully saturated rings. The fourth-order valence-corrected chi connectivity index (χ4v) is 3.02. The first kappa shape index (κ1) is 18.3. The Balaban J connectivity index is 1.97. The zero-order chi connectivity index (χ0) is 17.7. The number of urea groups is 1.